The third kappa shape index (κ3) is 4.42. The number of fused-ring (bicyclic) bond motifs is 1. The molecule has 0 saturated heterocycles. The number of carbonyl (C=O) groups excluding carboxylic acids is 1. The Hall–Kier alpha value is -1.93. The molecule has 0 aliphatic heterocycles. The monoisotopic (exact) mass is 392 g/mol. The number of methoxy groups -OCH3 is 1. The van der Waals surface area contributed by atoms with Crippen molar-refractivity contribution < 1.29 is 9.53 Å². The average Bonchev–Trinajstić information content (AvgIpc) is 3.16. The van der Waals surface area contributed by atoms with Gasteiger partial charge in [0.25, 0.3) is 0 Å². The Morgan fingerprint density at radius 1 is 1.35 bits per heavy atom. The Morgan fingerprint density at radius 2 is 2.12 bits per heavy atom. The van der Waals surface area contributed by atoms with Crippen LogP contribution in [-0.4, -0.2) is 28.0 Å². The van der Waals surface area contributed by atoms with Gasteiger partial charge in [-0.15, -0.1) is 11.3 Å². The lowest BCUT2D eigenvalue weighted by molar-refractivity contribution is 0.0601. The van der Waals surface area contributed by atoms with E-state index >= 15 is 0 Å². The molecule has 26 heavy (non-hydrogen) atoms. The summed E-state index contributed by atoms with van der Waals surface area (Å²) in [6.07, 6.45) is 8.56. The van der Waals surface area contributed by atoms with E-state index < -0.39 is 0 Å². The van der Waals surface area contributed by atoms with E-state index in [1.807, 2.05) is 19.3 Å². The molecule has 2 heterocycles. The molecule has 140 valence electrons. The highest BCUT2D eigenvalue weighted by molar-refractivity contribution is 7.80. The molecule has 2 aromatic rings. The van der Waals surface area contributed by atoms with Crippen LogP contribution in [-0.2, 0) is 31.2 Å². The quantitative estimate of drug-likeness (QED) is 0.614. The Kier molecular flexibility index (Phi) is 6.26. The predicted octanol–water partition coefficient (Wildman–Crippen LogP) is 3.41. The number of ether oxygens (including phenoxy) is 1. The maximum atomic E-state index is 12.4. The summed E-state index contributed by atoms with van der Waals surface area (Å²) in [7, 11) is 3.31. The Balaban J connectivity index is 1.76. The zero-order chi connectivity index (χ0) is 18.5. The molecule has 3 rings (SSSR count). The van der Waals surface area contributed by atoms with Crippen LogP contribution in [0, 0.1) is 0 Å². The standard InChI is InChI=1S/C18H24N4O2S2/c1-22-10-9-12(21-22)11-19-18(25)20-16-15(17(23)24-2)13-7-5-3-4-6-8-14(13)26-16/h9-10H,3-8,11H2,1-2H3,(H2,19,20,25). The second-order valence-corrected chi connectivity index (χ2v) is 7.92. The SMILES string of the molecule is COC(=O)c1c(NC(=S)NCc2ccn(C)n2)sc2c1CCCCCC2. The van der Waals surface area contributed by atoms with Crippen molar-refractivity contribution in [3.63, 3.8) is 0 Å². The summed E-state index contributed by atoms with van der Waals surface area (Å²) in [5, 5.41) is 11.9. The maximum Gasteiger partial charge on any atom is 0.341 e. The summed E-state index contributed by atoms with van der Waals surface area (Å²) in [6.45, 7) is 0.533. The summed E-state index contributed by atoms with van der Waals surface area (Å²) in [6, 6.07) is 1.94. The van der Waals surface area contributed by atoms with Crippen LogP contribution in [0.15, 0.2) is 12.3 Å². The van der Waals surface area contributed by atoms with Crippen LogP contribution in [0.1, 0.15) is 52.2 Å². The van der Waals surface area contributed by atoms with Gasteiger partial charge in [0.1, 0.15) is 5.00 Å². The van der Waals surface area contributed by atoms with Gasteiger partial charge in [0.15, 0.2) is 5.11 Å². The molecule has 0 aromatic carbocycles. The zero-order valence-electron chi connectivity index (χ0n) is 15.1. The van der Waals surface area contributed by atoms with E-state index in [0.717, 1.165) is 41.9 Å². The summed E-state index contributed by atoms with van der Waals surface area (Å²) < 4.78 is 6.79. The molecule has 0 amide bonds. The van der Waals surface area contributed by atoms with Gasteiger partial charge in [0, 0.05) is 18.1 Å². The molecule has 0 spiro atoms. The van der Waals surface area contributed by atoms with Gasteiger partial charge in [-0.3, -0.25) is 4.68 Å². The van der Waals surface area contributed by atoms with Gasteiger partial charge >= 0.3 is 5.97 Å². The van der Waals surface area contributed by atoms with Crippen LogP contribution in [0.2, 0.25) is 0 Å². The van der Waals surface area contributed by atoms with Gasteiger partial charge in [0.2, 0.25) is 0 Å². The fourth-order valence-corrected chi connectivity index (χ4v) is 4.72. The first kappa shape index (κ1) is 18.8. The van der Waals surface area contributed by atoms with E-state index in [9.17, 15) is 4.79 Å². The first-order chi connectivity index (χ1) is 12.6. The molecule has 6 nitrogen and oxygen atoms in total. The van der Waals surface area contributed by atoms with Crippen molar-refractivity contribution in [1.82, 2.24) is 15.1 Å². The van der Waals surface area contributed by atoms with Crippen LogP contribution in [0.3, 0.4) is 0 Å². The molecular weight excluding hydrogens is 368 g/mol. The predicted molar refractivity (Wildman–Crippen MR) is 108 cm³/mol. The van der Waals surface area contributed by atoms with Gasteiger partial charge in [-0.25, -0.2) is 4.79 Å². The normalized spacial score (nSPS) is 14.1. The van der Waals surface area contributed by atoms with Crippen molar-refractivity contribution in [2.45, 2.75) is 45.1 Å². The van der Waals surface area contributed by atoms with E-state index in [1.165, 1.54) is 24.8 Å². The fraction of sp³-hybridized carbons (Fsp3) is 0.500. The first-order valence-electron chi connectivity index (χ1n) is 8.84. The molecule has 2 aromatic heterocycles. The molecule has 0 unspecified atom stereocenters. The lowest BCUT2D eigenvalue weighted by atomic mass is 9.96. The molecule has 2 N–H and O–H groups in total. The number of rotatable bonds is 4. The first-order valence-corrected chi connectivity index (χ1v) is 10.1. The van der Waals surface area contributed by atoms with E-state index in [4.69, 9.17) is 17.0 Å². The number of hydrogen-bond acceptors (Lipinski definition) is 5. The van der Waals surface area contributed by atoms with Gasteiger partial charge < -0.3 is 15.4 Å². The van der Waals surface area contributed by atoms with Crippen LogP contribution >= 0.6 is 23.6 Å². The van der Waals surface area contributed by atoms with E-state index in [1.54, 1.807) is 16.0 Å². The molecule has 1 aliphatic rings. The van der Waals surface area contributed by atoms with Crippen molar-refractivity contribution in [3.8, 4) is 0 Å². The highest BCUT2D eigenvalue weighted by Crippen LogP contribution is 2.37. The van der Waals surface area contributed by atoms with E-state index in [2.05, 4.69) is 15.7 Å². The number of aromatic nitrogens is 2. The number of thiophene rings is 1. The van der Waals surface area contributed by atoms with E-state index in [0.29, 0.717) is 17.2 Å². The number of aryl methyl sites for hydroxylation is 2. The molecule has 1 aliphatic carbocycles. The minimum atomic E-state index is -0.293. The highest BCUT2D eigenvalue weighted by Gasteiger charge is 2.25. The van der Waals surface area contributed by atoms with Gasteiger partial charge in [-0.1, -0.05) is 12.8 Å². The zero-order valence-corrected chi connectivity index (χ0v) is 16.8. The summed E-state index contributed by atoms with van der Waals surface area (Å²) in [5.74, 6) is -0.293. The fourth-order valence-electron chi connectivity index (χ4n) is 3.20. The molecule has 0 radical (unpaired) electrons. The number of thiocarbonyl (C=S) groups is 1. The number of hydrogen-bond donors (Lipinski definition) is 2. The molecule has 0 bridgehead atoms. The third-order valence-electron chi connectivity index (χ3n) is 4.49. The Morgan fingerprint density at radius 3 is 2.81 bits per heavy atom. The molecule has 8 heteroatoms. The van der Waals surface area contributed by atoms with Gasteiger partial charge in [-0.2, -0.15) is 5.10 Å². The second-order valence-electron chi connectivity index (χ2n) is 6.40. The summed E-state index contributed by atoms with van der Waals surface area (Å²) in [5.41, 5.74) is 2.69. The minimum Gasteiger partial charge on any atom is -0.465 e. The number of esters is 1. The number of anilines is 1. The third-order valence-corrected chi connectivity index (χ3v) is 5.94. The smallest absolute Gasteiger partial charge is 0.341 e. The number of nitrogens with one attached hydrogen (secondary N) is 2. The number of nitrogens with zero attached hydrogens (tertiary/aromatic N) is 2. The summed E-state index contributed by atoms with van der Waals surface area (Å²) >= 11 is 7.04. The lowest BCUT2D eigenvalue weighted by Crippen LogP contribution is -2.28. The van der Waals surface area contributed by atoms with Crippen molar-refractivity contribution in [3.05, 3.63) is 34.0 Å². The molecular formula is C18H24N4O2S2. The van der Waals surface area contributed by atoms with Crippen LogP contribution in [0.25, 0.3) is 0 Å². The lowest BCUT2D eigenvalue weighted by Gasteiger charge is -2.11. The summed E-state index contributed by atoms with van der Waals surface area (Å²) in [4.78, 5) is 13.7. The van der Waals surface area contributed by atoms with Crippen molar-refractivity contribution in [2.24, 2.45) is 7.05 Å². The molecule has 0 atom stereocenters. The van der Waals surface area contributed by atoms with Crippen molar-refractivity contribution in [1.29, 1.82) is 0 Å². The highest BCUT2D eigenvalue weighted by atomic mass is 32.1. The van der Waals surface area contributed by atoms with Crippen molar-refractivity contribution >= 4 is 39.6 Å². The maximum absolute atomic E-state index is 12.4. The largest absolute Gasteiger partial charge is 0.465 e. The van der Waals surface area contributed by atoms with E-state index in [-0.39, 0.29) is 5.97 Å². The Bertz CT molecular complexity index is 797. The van der Waals surface area contributed by atoms with Gasteiger partial charge in [0.05, 0.1) is 24.9 Å². The van der Waals surface area contributed by atoms with Crippen LogP contribution in [0.4, 0.5) is 5.00 Å². The molecule has 0 fully saturated rings. The van der Waals surface area contributed by atoms with Crippen LogP contribution < -0.4 is 10.6 Å². The minimum absolute atomic E-state index is 0.293. The second kappa shape index (κ2) is 8.64. The molecule has 0 saturated carbocycles. The Labute approximate surface area is 162 Å². The van der Waals surface area contributed by atoms with Crippen molar-refractivity contribution in [2.75, 3.05) is 12.4 Å². The topological polar surface area (TPSA) is 68.2 Å². The average molecular weight is 393 g/mol. The van der Waals surface area contributed by atoms with Crippen LogP contribution in [0.5, 0.6) is 0 Å². The van der Waals surface area contributed by atoms with Gasteiger partial charge in [-0.05, 0) is 49.5 Å². The number of carbonyl (C=O) groups is 1.